The lowest BCUT2D eigenvalue weighted by Crippen LogP contribution is -2.38. The summed E-state index contributed by atoms with van der Waals surface area (Å²) < 4.78 is 4.91. The summed E-state index contributed by atoms with van der Waals surface area (Å²) in [5.41, 5.74) is 4.20. The van der Waals surface area contributed by atoms with Crippen molar-refractivity contribution in [2.75, 3.05) is 13.1 Å². The summed E-state index contributed by atoms with van der Waals surface area (Å²) in [7, 11) is 0. The van der Waals surface area contributed by atoms with E-state index >= 15 is 0 Å². The molecule has 1 aliphatic rings. The van der Waals surface area contributed by atoms with Gasteiger partial charge in [0.05, 0.1) is 18.4 Å². The average molecular weight is 404 g/mol. The highest BCUT2D eigenvalue weighted by atomic mass is 79.9. The Hall–Kier alpha value is -2.35. The zero-order valence-electron chi connectivity index (χ0n) is 13.8. The molecule has 1 aliphatic heterocycles. The van der Waals surface area contributed by atoms with Gasteiger partial charge in [0.1, 0.15) is 10.3 Å². The highest BCUT2D eigenvalue weighted by molar-refractivity contribution is 9.10. The molecule has 0 saturated carbocycles. The van der Waals surface area contributed by atoms with Gasteiger partial charge in [0.15, 0.2) is 0 Å². The van der Waals surface area contributed by atoms with Crippen LogP contribution in [0.15, 0.2) is 35.5 Å². The van der Waals surface area contributed by atoms with Gasteiger partial charge >= 0.3 is 6.09 Å². The van der Waals surface area contributed by atoms with Crippen LogP contribution in [0.3, 0.4) is 0 Å². The van der Waals surface area contributed by atoms with E-state index < -0.39 is 6.09 Å². The monoisotopic (exact) mass is 403 g/mol. The van der Waals surface area contributed by atoms with Gasteiger partial charge in [-0.15, -0.1) is 0 Å². The summed E-state index contributed by atoms with van der Waals surface area (Å²) >= 11 is 3.49. The Labute approximate surface area is 153 Å². The van der Waals surface area contributed by atoms with Crippen molar-refractivity contribution >= 4 is 27.7 Å². The summed E-state index contributed by atoms with van der Waals surface area (Å²) in [4.78, 5) is 16.9. The van der Waals surface area contributed by atoms with Crippen LogP contribution in [0, 0.1) is 6.92 Å². The molecule has 1 saturated heterocycles. The van der Waals surface area contributed by atoms with Crippen LogP contribution in [0.25, 0.3) is 16.8 Å². The maximum atomic E-state index is 11.0. The molecule has 0 spiro atoms. The van der Waals surface area contributed by atoms with Crippen molar-refractivity contribution in [2.45, 2.75) is 25.8 Å². The molecular weight excluding hydrogens is 386 g/mol. The second kappa shape index (κ2) is 6.18. The predicted octanol–water partition coefficient (Wildman–Crippen LogP) is 3.58. The lowest BCUT2D eigenvalue weighted by molar-refractivity contribution is 0.124. The summed E-state index contributed by atoms with van der Waals surface area (Å²) in [5.74, 6) is 0. The Morgan fingerprint density at radius 2 is 2.04 bits per heavy atom. The molecule has 0 radical (unpaired) electrons. The molecule has 4 heterocycles. The number of hydrogen-bond acceptors (Lipinski definition) is 3. The maximum Gasteiger partial charge on any atom is 0.407 e. The molecule has 130 valence electrons. The Morgan fingerprint density at radius 1 is 1.28 bits per heavy atom. The maximum absolute atomic E-state index is 11.0. The van der Waals surface area contributed by atoms with Crippen LogP contribution in [-0.4, -0.2) is 48.4 Å². The van der Waals surface area contributed by atoms with Crippen LogP contribution in [0.5, 0.6) is 0 Å². The molecule has 8 heteroatoms. The summed E-state index contributed by atoms with van der Waals surface area (Å²) in [6, 6.07) is 2.31. The Bertz CT molecular complexity index is 940. The first-order valence-corrected chi connectivity index (χ1v) is 8.98. The summed E-state index contributed by atoms with van der Waals surface area (Å²) in [5, 5.41) is 13.6. The number of aryl methyl sites for hydroxylation is 1. The quantitative estimate of drug-likeness (QED) is 0.709. The molecule has 7 nitrogen and oxygen atoms in total. The topological polar surface area (TPSA) is 75.7 Å². The van der Waals surface area contributed by atoms with Crippen LogP contribution in [0.2, 0.25) is 0 Å². The number of halogens is 1. The normalized spacial score (nSPS) is 15.8. The number of carbonyl (C=O) groups is 1. The number of aromatic nitrogens is 4. The van der Waals surface area contributed by atoms with Crippen molar-refractivity contribution in [2.24, 2.45) is 0 Å². The van der Waals surface area contributed by atoms with Crippen molar-refractivity contribution in [1.29, 1.82) is 0 Å². The van der Waals surface area contributed by atoms with Crippen molar-refractivity contribution in [1.82, 2.24) is 24.1 Å². The molecular formula is C17H18BrN5O2. The van der Waals surface area contributed by atoms with Gasteiger partial charge in [-0.25, -0.2) is 9.78 Å². The molecule has 0 aliphatic carbocycles. The first kappa shape index (κ1) is 16.1. The van der Waals surface area contributed by atoms with Crippen molar-refractivity contribution in [3.63, 3.8) is 0 Å². The number of piperidine rings is 1. The van der Waals surface area contributed by atoms with Crippen LogP contribution in [0.4, 0.5) is 4.79 Å². The van der Waals surface area contributed by atoms with Gasteiger partial charge in [0.2, 0.25) is 0 Å². The van der Waals surface area contributed by atoms with E-state index in [-0.39, 0.29) is 6.04 Å². The number of pyridine rings is 1. The number of amides is 1. The third kappa shape index (κ3) is 2.90. The molecule has 0 atom stereocenters. The van der Waals surface area contributed by atoms with Crippen LogP contribution in [-0.2, 0) is 0 Å². The van der Waals surface area contributed by atoms with E-state index in [1.807, 2.05) is 15.3 Å². The molecule has 0 unspecified atom stereocenters. The van der Waals surface area contributed by atoms with Gasteiger partial charge < -0.3 is 10.0 Å². The molecule has 1 fully saturated rings. The second-order valence-electron chi connectivity index (χ2n) is 6.39. The number of imidazole rings is 1. The Kier molecular flexibility index (Phi) is 3.99. The van der Waals surface area contributed by atoms with Crippen LogP contribution in [0.1, 0.15) is 24.4 Å². The minimum atomic E-state index is -0.839. The number of nitrogens with zero attached hydrogens (tertiary/aromatic N) is 5. The zero-order chi connectivity index (χ0) is 17.6. The first-order valence-electron chi connectivity index (χ1n) is 8.18. The molecule has 4 rings (SSSR count). The van der Waals surface area contributed by atoms with Crippen molar-refractivity contribution in [3.05, 3.63) is 41.0 Å². The Balaban J connectivity index is 1.59. The number of fused-ring (bicyclic) bond motifs is 1. The molecule has 25 heavy (non-hydrogen) atoms. The molecule has 1 amide bonds. The molecule has 0 bridgehead atoms. The molecule has 3 aromatic rings. The van der Waals surface area contributed by atoms with Crippen molar-refractivity contribution in [3.8, 4) is 11.1 Å². The van der Waals surface area contributed by atoms with E-state index in [4.69, 9.17) is 5.11 Å². The SMILES string of the molecule is Cc1cn2c(Br)cnc2cc1-c1cnn(C2CCN(C(=O)O)CC2)c1. The highest BCUT2D eigenvalue weighted by Crippen LogP contribution is 2.29. The number of carboxylic acid groups (broad SMARTS) is 1. The van der Waals surface area contributed by atoms with Crippen molar-refractivity contribution < 1.29 is 9.90 Å². The minimum Gasteiger partial charge on any atom is -0.465 e. The zero-order valence-corrected chi connectivity index (χ0v) is 15.3. The fourth-order valence-electron chi connectivity index (χ4n) is 3.40. The second-order valence-corrected chi connectivity index (χ2v) is 7.20. The fraction of sp³-hybridized carbons (Fsp3) is 0.353. The smallest absolute Gasteiger partial charge is 0.407 e. The van der Waals surface area contributed by atoms with E-state index in [0.29, 0.717) is 13.1 Å². The number of rotatable bonds is 2. The predicted molar refractivity (Wildman–Crippen MR) is 96.7 cm³/mol. The minimum absolute atomic E-state index is 0.244. The number of hydrogen-bond donors (Lipinski definition) is 1. The van der Waals surface area contributed by atoms with E-state index in [0.717, 1.165) is 39.8 Å². The van der Waals surface area contributed by atoms with Gasteiger partial charge in [-0.1, -0.05) is 0 Å². The first-order chi connectivity index (χ1) is 12.0. The third-order valence-electron chi connectivity index (χ3n) is 4.82. The lowest BCUT2D eigenvalue weighted by Gasteiger charge is -2.30. The summed E-state index contributed by atoms with van der Waals surface area (Å²) in [6.07, 6.45) is 8.52. The van der Waals surface area contributed by atoms with E-state index in [2.05, 4.69) is 51.4 Å². The Morgan fingerprint density at radius 3 is 2.76 bits per heavy atom. The fourth-order valence-corrected chi connectivity index (χ4v) is 3.79. The molecule has 1 N–H and O–H groups in total. The van der Waals surface area contributed by atoms with Gasteiger partial charge in [-0.2, -0.15) is 5.10 Å². The van der Waals surface area contributed by atoms with E-state index in [9.17, 15) is 4.79 Å². The van der Waals surface area contributed by atoms with Crippen LogP contribution < -0.4 is 0 Å². The lowest BCUT2D eigenvalue weighted by atomic mass is 10.0. The number of likely N-dealkylation sites (tertiary alicyclic amines) is 1. The van der Waals surface area contributed by atoms with Gasteiger partial charge in [-0.3, -0.25) is 9.08 Å². The molecule has 3 aromatic heterocycles. The van der Waals surface area contributed by atoms with Gasteiger partial charge in [0, 0.05) is 31.0 Å². The molecule has 0 aromatic carbocycles. The van der Waals surface area contributed by atoms with E-state index in [1.165, 1.54) is 4.90 Å². The largest absolute Gasteiger partial charge is 0.465 e. The summed E-state index contributed by atoms with van der Waals surface area (Å²) in [6.45, 7) is 3.19. The van der Waals surface area contributed by atoms with Gasteiger partial charge in [-0.05, 0) is 52.9 Å². The van der Waals surface area contributed by atoms with Crippen LogP contribution >= 0.6 is 15.9 Å². The third-order valence-corrected chi connectivity index (χ3v) is 5.41. The average Bonchev–Trinajstić information content (AvgIpc) is 3.22. The standard InChI is InChI=1S/C17H18BrN5O2/c1-11-9-22-15(18)8-19-16(22)6-14(11)12-7-20-23(10-12)13-2-4-21(5-3-13)17(24)25/h6-10,13H,2-5H2,1H3,(H,24,25). The van der Waals surface area contributed by atoms with E-state index in [1.54, 1.807) is 6.20 Å². The van der Waals surface area contributed by atoms with Gasteiger partial charge in [0.25, 0.3) is 0 Å². The highest BCUT2D eigenvalue weighted by Gasteiger charge is 2.24.